The van der Waals surface area contributed by atoms with E-state index < -0.39 is 5.60 Å². The highest BCUT2D eigenvalue weighted by Gasteiger charge is 2.45. The molecule has 2 N–H and O–H groups in total. The van der Waals surface area contributed by atoms with Gasteiger partial charge in [-0.2, -0.15) is 11.8 Å². The number of anilines is 1. The molecule has 1 aliphatic rings. The standard InChI is InChI=1S/C13H21N3OS/c1-4-18-11-5-6-13(11,17)8-14-12-15-9(2)7-10(3)16-12/h7,11,17H,4-6,8H2,1-3H3,(H,14,15,16). The molecule has 0 bridgehead atoms. The van der Waals surface area contributed by atoms with Gasteiger partial charge in [0.2, 0.25) is 5.95 Å². The Bertz CT molecular complexity index is 406. The third-order valence-electron chi connectivity index (χ3n) is 3.34. The van der Waals surface area contributed by atoms with Crippen molar-refractivity contribution in [1.29, 1.82) is 0 Å². The normalized spacial score (nSPS) is 26.8. The Balaban J connectivity index is 1.95. The van der Waals surface area contributed by atoms with Crippen molar-refractivity contribution in [2.45, 2.75) is 44.5 Å². The van der Waals surface area contributed by atoms with Crippen molar-refractivity contribution in [2.75, 3.05) is 17.6 Å². The minimum absolute atomic E-state index is 0.348. The summed E-state index contributed by atoms with van der Waals surface area (Å²) in [5, 5.41) is 14.0. The third-order valence-corrected chi connectivity index (χ3v) is 4.75. The van der Waals surface area contributed by atoms with E-state index in [1.807, 2.05) is 31.7 Å². The van der Waals surface area contributed by atoms with Crippen LogP contribution in [0.1, 0.15) is 31.2 Å². The van der Waals surface area contributed by atoms with E-state index in [9.17, 15) is 5.11 Å². The van der Waals surface area contributed by atoms with Gasteiger partial charge in [-0.3, -0.25) is 0 Å². The quantitative estimate of drug-likeness (QED) is 0.856. The molecule has 1 fully saturated rings. The van der Waals surface area contributed by atoms with Gasteiger partial charge in [-0.1, -0.05) is 6.92 Å². The van der Waals surface area contributed by atoms with Crippen LogP contribution in [-0.2, 0) is 0 Å². The molecule has 1 aromatic rings. The van der Waals surface area contributed by atoms with Gasteiger partial charge in [0.25, 0.3) is 0 Å². The van der Waals surface area contributed by atoms with Crippen LogP contribution in [0.25, 0.3) is 0 Å². The fourth-order valence-electron chi connectivity index (χ4n) is 2.27. The van der Waals surface area contributed by atoms with E-state index >= 15 is 0 Å². The van der Waals surface area contributed by atoms with E-state index in [1.165, 1.54) is 0 Å². The summed E-state index contributed by atoms with van der Waals surface area (Å²) in [6.07, 6.45) is 1.97. The van der Waals surface area contributed by atoms with Crippen LogP contribution in [0.2, 0.25) is 0 Å². The fraction of sp³-hybridized carbons (Fsp3) is 0.692. The highest BCUT2D eigenvalue weighted by atomic mass is 32.2. The maximum absolute atomic E-state index is 10.5. The second-order valence-corrected chi connectivity index (χ2v) is 6.39. The Morgan fingerprint density at radius 3 is 2.61 bits per heavy atom. The molecule has 2 atom stereocenters. The number of thioether (sulfide) groups is 1. The molecule has 100 valence electrons. The summed E-state index contributed by atoms with van der Waals surface area (Å²) in [6, 6.07) is 1.94. The molecule has 2 rings (SSSR count). The van der Waals surface area contributed by atoms with E-state index in [2.05, 4.69) is 22.2 Å². The van der Waals surface area contributed by atoms with Crippen molar-refractivity contribution in [3.8, 4) is 0 Å². The smallest absolute Gasteiger partial charge is 0.223 e. The number of aryl methyl sites for hydroxylation is 2. The van der Waals surface area contributed by atoms with Gasteiger partial charge >= 0.3 is 0 Å². The Morgan fingerprint density at radius 2 is 2.11 bits per heavy atom. The molecule has 0 aromatic carbocycles. The van der Waals surface area contributed by atoms with E-state index in [1.54, 1.807) is 0 Å². The summed E-state index contributed by atoms with van der Waals surface area (Å²) in [5.41, 5.74) is 1.30. The van der Waals surface area contributed by atoms with Crippen LogP contribution < -0.4 is 5.32 Å². The molecule has 0 radical (unpaired) electrons. The van der Waals surface area contributed by atoms with E-state index in [0.717, 1.165) is 30.0 Å². The molecule has 1 aromatic heterocycles. The number of aromatic nitrogens is 2. The zero-order chi connectivity index (χ0) is 13.2. The monoisotopic (exact) mass is 267 g/mol. The molecule has 4 nitrogen and oxygen atoms in total. The lowest BCUT2D eigenvalue weighted by Gasteiger charge is -2.45. The number of rotatable bonds is 5. The first kappa shape index (κ1) is 13.6. The number of nitrogens with one attached hydrogen (secondary N) is 1. The zero-order valence-electron chi connectivity index (χ0n) is 11.2. The Labute approximate surface area is 113 Å². The van der Waals surface area contributed by atoms with Crippen LogP contribution in [-0.4, -0.2) is 38.2 Å². The van der Waals surface area contributed by atoms with Crippen molar-refractivity contribution < 1.29 is 5.11 Å². The Morgan fingerprint density at radius 1 is 1.44 bits per heavy atom. The first-order chi connectivity index (χ1) is 8.53. The first-order valence-corrected chi connectivity index (χ1v) is 7.48. The second-order valence-electron chi connectivity index (χ2n) is 4.91. The fourth-order valence-corrected chi connectivity index (χ4v) is 3.47. The van der Waals surface area contributed by atoms with Crippen LogP contribution >= 0.6 is 11.8 Å². The predicted molar refractivity (Wildman–Crippen MR) is 76.1 cm³/mol. The lowest BCUT2D eigenvalue weighted by molar-refractivity contribution is -0.0121. The van der Waals surface area contributed by atoms with Gasteiger partial charge in [0, 0.05) is 23.2 Å². The molecule has 0 spiro atoms. The number of hydrogen-bond donors (Lipinski definition) is 2. The molecule has 0 amide bonds. The number of nitrogens with zero attached hydrogens (tertiary/aromatic N) is 2. The topological polar surface area (TPSA) is 58.0 Å². The van der Waals surface area contributed by atoms with Crippen LogP contribution in [0.15, 0.2) is 6.07 Å². The zero-order valence-corrected chi connectivity index (χ0v) is 12.0. The molecule has 5 heteroatoms. The minimum Gasteiger partial charge on any atom is -0.387 e. The predicted octanol–water partition coefficient (Wildman–Crippen LogP) is 2.15. The number of aliphatic hydroxyl groups is 1. The van der Waals surface area contributed by atoms with Gasteiger partial charge in [-0.05, 0) is 38.5 Å². The third kappa shape index (κ3) is 2.95. The summed E-state index contributed by atoms with van der Waals surface area (Å²) in [5.74, 6) is 1.67. The molecule has 1 aliphatic carbocycles. The largest absolute Gasteiger partial charge is 0.387 e. The summed E-state index contributed by atoms with van der Waals surface area (Å²) < 4.78 is 0. The molecule has 18 heavy (non-hydrogen) atoms. The van der Waals surface area contributed by atoms with Gasteiger partial charge in [0.1, 0.15) is 0 Å². The molecule has 1 saturated carbocycles. The van der Waals surface area contributed by atoms with Crippen molar-refractivity contribution in [2.24, 2.45) is 0 Å². The molecule has 1 heterocycles. The lowest BCUT2D eigenvalue weighted by Crippen LogP contribution is -2.54. The van der Waals surface area contributed by atoms with Crippen molar-refractivity contribution >= 4 is 17.7 Å². The molecule has 0 aliphatic heterocycles. The van der Waals surface area contributed by atoms with Crippen molar-refractivity contribution in [3.05, 3.63) is 17.5 Å². The average molecular weight is 267 g/mol. The Kier molecular flexibility index (Phi) is 4.12. The summed E-state index contributed by atoms with van der Waals surface area (Å²) in [7, 11) is 0. The molecular formula is C13H21N3OS. The van der Waals surface area contributed by atoms with Crippen LogP contribution in [0.4, 0.5) is 5.95 Å². The van der Waals surface area contributed by atoms with Gasteiger partial charge in [0.15, 0.2) is 0 Å². The van der Waals surface area contributed by atoms with Crippen LogP contribution in [0.3, 0.4) is 0 Å². The van der Waals surface area contributed by atoms with Gasteiger partial charge in [-0.25, -0.2) is 9.97 Å². The van der Waals surface area contributed by atoms with Gasteiger partial charge in [-0.15, -0.1) is 0 Å². The lowest BCUT2D eigenvalue weighted by atomic mass is 9.79. The number of hydrogen-bond acceptors (Lipinski definition) is 5. The first-order valence-electron chi connectivity index (χ1n) is 6.43. The maximum Gasteiger partial charge on any atom is 0.223 e. The Hall–Kier alpha value is -0.810. The van der Waals surface area contributed by atoms with Gasteiger partial charge in [0.05, 0.1) is 5.60 Å². The maximum atomic E-state index is 10.5. The van der Waals surface area contributed by atoms with E-state index in [0.29, 0.717) is 17.7 Å². The minimum atomic E-state index is -0.596. The van der Waals surface area contributed by atoms with E-state index in [4.69, 9.17) is 0 Å². The summed E-state index contributed by atoms with van der Waals surface area (Å²) in [6.45, 7) is 6.57. The molecule has 0 saturated heterocycles. The molecule has 2 unspecified atom stereocenters. The van der Waals surface area contributed by atoms with Crippen molar-refractivity contribution in [1.82, 2.24) is 9.97 Å². The summed E-state index contributed by atoms with van der Waals surface area (Å²) >= 11 is 1.84. The second kappa shape index (κ2) is 5.45. The SMILES string of the molecule is CCSC1CCC1(O)CNc1nc(C)cc(C)n1. The highest BCUT2D eigenvalue weighted by Crippen LogP contribution is 2.41. The summed E-state index contributed by atoms with van der Waals surface area (Å²) in [4.78, 5) is 8.65. The van der Waals surface area contributed by atoms with E-state index in [-0.39, 0.29) is 0 Å². The van der Waals surface area contributed by atoms with Crippen LogP contribution in [0.5, 0.6) is 0 Å². The highest BCUT2D eigenvalue weighted by molar-refractivity contribution is 8.00. The van der Waals surface area contributed by atoms with Crippen LogP contribution in [0, 0.1) is 13.8 Å². The van der Waals surface area contributed by atoms with Gasteiger partial charge < -0.3 is 10.4 Å². The average Bonchev–Trinajstić information content (AvgIpc) is 2.30. The molecular weight excluding hydrogens is 246 g/mol. The van der Waals surface area contributed by atoms with Crippen molar-refractivity contribution in [3.63, 3.8) is 0 Å².